The van der Waals surface area contributed by atoms with Crippen LogP contribution >= 0.6 is 0 Å². The monoisotopic (exact) mass is 263 g/mol. The molecular weight excluding hydrogens is 246 g/mol. The Labute approximate surface area is 111 Å². The van der Waals surface area contributed by atoms with Gasteiger partial charge in [0, 0.05) is 24.0 Å². The second-order valence-corrected chi connectivity index (χ2v) is 5.13. The van der Waals surface area contributed by atoms with Crippen LogP contribution in [-0.4, -0.2) is 15.8 Å². The zero-order chi connectivity index (χ0) is 14.0. The molecule has 0 radical (unpaired) electrons. The first-order valence-electron chi connectivity index (χ1n) is 6.47. The van der Waals surface area contributed by atoms with Crippen molar-refractivity contribution in [2.75, 3.05) is 0 Å². The standard InChI is InChI=1S/C14H17NO4/c1-9-3-2-4-12(13(9)16)14(17)10-5-7-11(8-6-10)15(18)19/h5-9,12,14,17H,2-4H2,1H3/t9-,12-,14+/m1/s1. The van der Waals surface area contributed by atoms with E-state index < -0.39 is 11.0 Å². The van der Waals surface area contributed by atoms with Crippen LogP contribution in [0.1, 0.15) is 37.9 Å². The van der Waals surface area contributed by atoms with E-state index in [0.717, 1.165) is 12.8 Å². The Morgan fingerprint density at radius 3 is 2.53 bits per heavy atom. The normalized spacial score (nSPS) is 25.1. The largest absolute Gasteiger partial charge is 0.388 e. The number of carbonyl (C=O) groups excluding carboxylic acids is 1. The third kappa shape index (κ3) is 2.81. The molecule has 1 aromatic carbocycles. The van der Waals surface area contributed by atoms with Crippen LogP contribution in [0, 0.1) is 22.0 Å². The third-order valence-electron chi connectivity index (χ3n) is 3.83. The van der Waals surface area contributed by atoms with Gasteiger partial charge in [-0.05, 0) is 30.5 Å². The second-order valence-electron chi connectivity index (χ2n) is 5.13. The Morgan fingerprint density at radius 1 is 1.32 bits per heavy atom. The van der Waals surface area contributed by atoms with Crippen molar-refractivity contribution in [1.29, 1.82) is 0 Å². The fraction of sp³-hybridized carbons (Fsp3) is 0.500. The quantitative estimate of drug-likeness (QED) is 0.671. The summed E-state index contributed by atoms with van der Waals surface area (Å²) in [5.41, 5.74) is 0.553. The van der Waals surface area contributed by atoms with Crippen molar-refractivity contribution in [1.82, 2.24) is 0 Å². The molecule has 102 valence electrons. The van der Waals surface area contributed by atoms with Crippen LogP contribution in [0.25, 0.3) is 0 Å². The maximum Gasteiger partial charge on any atom is 0.269 e. The molecule has 0 unspecified atom stereocenters. The molecule has 0 bridgehead atoms. The van der Waals surface area contributed by atoms with Gasteiger partial charge in [0.1, 0.15) is 5.78 Å². The molecule has 5 nitrogen and oxygen atoms in total. The van der Waals surface area contributed by atoms with E-state index in [0.29, 0.717) is 12.0 Å². The Hall–Kier alpha value is -1.75. The fourth-order valence-electron chi connectivity index (χ4n) is 2.63. The molecule has 0 spiro atoms. The number of non-ortho nitro benzene ring substituents is 1. The average molecular weight is 263 g/mol. The molecule has 1 fully saturated rings. The molecule has 5 heteroatoms. The van der Waals surface area contributed by atoms with Gasteiger partial charge in [0.2, 0.25) is 0 Å². The molecule has 1 aliphatic carbocycles. The first-order chi connectivity index (χ1) is 9.00. The summed E-state index contributed by atoms with van der Waals surface area (Å²) in [5, 5.41) is 20.8. The van der Waals surface area contributed by atoms with Gasteiger partial charge >= 0.3 is 0 Å². The lowest BCUT2D eigenvalue weighted by molar-refractivity contribution is -0.384. The number of hydrogen-bond donors (Lipinski definition) is 1. The van der Waals surface area contributed by atoms with Crippen molar-refractivity contribution < 1.29 is 14.8 Å². The second kappa shape index (κ2) is 5.48. The van der Waals surface area contributed by atoms with Crippen molar-refractivity contribution >= 4 is 11.5 Å². The summed E-state index contributed by atoms with van der Waals surface area (Å²) in [6, 6.07) is 5.76. The van der Waals surface area contributed by atoms with Gasteiger partial charge in [0.25, 0.3) is 5.69 Å². The molecule has 0 saturated heterocycles. The molecule has 1 N–H and O–H groups in total. The van der Waals surface area contributed by atoms with Crippen LogP contribution in [0.5, 0.6) is 0 Å². The van der Waals surface area contributed by atoms with Crippen LogP contribution in [0.15, 0.2) is 24.3 Å². The van der Waals surface area contributed by atoms with E-state index in [4.69, 9.17) is 0 Å². The topological polar surface area (TPSA) is 80.4 Å². The zero-order valence-electron chi connectivity index (χ0n) is 10.8. The van der Waals surface area contributed by atoms with E-state index in [2.05, 4.69) is 0 Å². The molecule has 0 aliphatic heterocycles. The number of nitrogens with zero attached hydrogens (tertiary/aromatic N) is 1. The van der Waals surface area contributed by atoms with Gasteiger partial charge in [0.15, 0.2) is 0 Å². The molecule has 3 atom stereocenters. The summed E-state index contributed by atoms with van der Waals surface area (Å²) in [6.07, 6.45) is 1.63. The Balaban J connectivity index is 2.16. The highest BCUT2D eigenvalue weighted by Gasteiger charge is 2.34. The predicted molar refractivity (Wildman–Crippen MR) is 69.6 cm³/mol. The van der Waals surface area contributed by atoms with Crippen molar-refractivity contribution in [2.24, 2.45) is 11.8 Å². The number of benzene rings is 1. The van der Waals surface area contributed by atoms with Crippen LogP contribution in [0.2, 0.25) is 0 Å². The van der Waals surface area contributed by atoms with Gasteiger partial charge in [-0.3, -0.25) is 14.9 Å². The maximum absolute atomic E-state index is 12.0. The highest BCUT2D eigenvalue weighted by Crippen LogP contribution is 2.34. The number of aliphatic hydroxyl groups excluding tert-OH is 1. The number of nitro benzene ring substituents is 1. The van der Waals surface area contributed by atoms with E-state index in [1.54, 1.807) is 0 Å². The summed E-state index contributed by atoms with van der Waals surface area (Å²) in [7, 11) is 0. The van der Waals surface area contributed by atoms with E-state index in [1.807, 2.05) is 6.92 Å². The molecule has 0 amide bonds. The molecular formula is C14H17NO4. The van der Waals surface area contributed by atoms with Crippen molar-refractivity contribution in [3.63, 3.8) is 0 Å². The lowest BCUT2D eigenvalue weighted by atomic mass is 9.77. The SMILES string of the molecule is C[C@@H]1CCC[C@@H]([C@@H](O)c2ccc([N+](=O)[O-])cc2)C1=O. The van der Waals surface area contributed by atoms with Gasteiger partial charge in [-0.2, -0.15) is 0 Å². The van der Waals surface area contributed by atoms with E-state index in [9.17, 15) is 20.0 Å². The number of nitro groups is 1. The zero-order valence-corrected chi connectivity index (χ0v) is 10.8. The third-order valence-corrected chi connectivity index (χ3v) is 3.83. The molecule has 0 aromatic heterocycles. The predicted octanol–water partition coefficient (Wildman–Crippen LogP) is 2.63. The molecule has 19 heavy (non-hydrogen) atoms. The number of Topliss-reactive ketones (excluding diaryl/α,β-unsaturated/α-hetero) is 1. The first-order valence-corrected chi connectivity index (χ1v) is 6.47. The smallest absolute Gasteiger partial charge is 0.269 e. The number of aliphatic hydroxyl groups is 1. The van der Waals surface area contributed by atoms with Crippen LogP contribution in [0.4, 0.5) is 5.69 Å². The van der Waals surface area contributed by atoms with Gasteiger partial charge in [-0.25, -0.2) is 0 Å². The first kappa shape index (κ1) is 13.7. The van der Waals surface area contributed by atoms with Crippen LogP contribution in [-0.2, 0) is 4.79 Å². The Morgan fingerprint density at radius 2 is 1.95 bits per heavy atom. The molecule has 1 aliphatic rings. The minimum Gasteiger partial charge on any atom is -0.388 e. The molecule has 2 rings (SSSR count). The van der Waals surface area contributed by atoms with Gasteiger partial charge in [0.05, 0.1) is 11.0 Å². The lowest BCUT2D eigenvalue weighted by Crippen LogP contribution is -2.31. The van der Waals surface area contributed by atoms with Gasteiger partial charge < -0.3 is 5.11 Å². The molecule has 0 heterocycles. The summed E-state index contributed by atoms with van der Waals surface area (Å²) in [5.74, 6) is -0.297. The summed E-state index contributed by atoms with van der Waals surface area (Å²) in [6.45, 7) is 1.89. The number of rotatable bonds is 3. The van der Waals surface area contributed by atoms with E-state index in [1.165, 1.54) is 24.3 Å². The summed E-state index contributed by atoms with van der Waals surface area (Å²) >= 11 is 0. The van der Waals surface area contributed by atoms with Gasteiger partial charge in [-0.15, -0.1) is 0 Å². The molecule has 1 saturated carbocycles. The average Bonchev–Trinajstić information content (AvgIpc) is 2.41. The fourth-order valence-corrected chi connectivity index (χ4v) is 2.63. The minimum absolute atomic E-state index is 0.00792. The highest BCUT2D eigenvalue weighted by atomic mass is 16.6. The summed E-state index contributed by atoms with van der Waals surface area (Å²) in [4.78, 5) is 22.1. The lowest BCUT2D eigenvalue weighted by Gasteiger charge is -2.29. The highest BCUT2D eigenvalue weighted by molar-refractivity contribution is 5.84. The summed E-state index contributed by atoms with van der Waals surface area (Å²) < 4.78 is 0. The number of carbonyl (C=O) groups is 1. The van der Waals surface area contributed by atoms with Crippen LogP contribution < -0.4 is 0 Å². The van der Waals surface area contributed by atoms with Crippen molar-refractivity contribution in [3.8, 4) is 0 Å². The van der Waals surface area contributed by atoms with Crippen LogP contribution in [0.3, 0.4) is 0 Å². The van der Waals surface area contributed by atoms with E-state index in [-0.39, 0.29) is 23.3 Å². The number of hydrogen-bond acceptors (Lipinski definition) is 4. The number of ketones is 1. The van der Waals surface area contributed by atoms with E-state index >= 15 is 0 Å². The Kier molecular flexibility index (Phi) is 3.95. The maximum atomic E-state index is 12.0. The Bertz CT molecular complexity index is 483. The molecule has 1 aromatic rings. The van der Waals surface area contributed by atoms with Crippen molar-refractivity contribution in [2.45, 2.75) is 32.3 Å². The van der Waals surface area contributed by atoms with Crippen molar-refractivity contribution in [3.05, 3.63) is 39.9 Å². The van der Waals surface area contributed by atoms with Gasteiger partial charge in [-0.1, -0.05) is 13.3 Å². The minimum atomic E-state index is -0.865.